The molecule has 1 N–H and O–H groups in total. The van der Waals surface area contributed by atoms with Crippen LogP contribution in [0.3, 0.4) is 0 Å². The summed E-state index contributed by atoms with van der Waals surface area (Å²) in [6.07, 6.45) is 1.86. The molecule has 1 amide bonds. The van der Waals surface area contributed by atoms with Crippen LogP contribution in [0, 0.1) is 25.2 Å². The monoisotopic (exact) mass is 304 g/mol. The van der Waals surface area contributed by atoms with E-state index in [1.165, 1.54) is 5.56 Å². The van der Waals surface area contributed by atoms with Crippen molar-refractivity contribution in [3.05, 3.63) is 64.9 Å². The van der Waals surface area contributed by atoms with Crippen LogP contribution in [-0.4, -0.2) is 5.91 Å². The molecule has 23 heavy (non-hydrogen) atoms. The van der Waals surface area contributed by atoms with Gasteiger partial charge in [-0.15, -0.1) is 0 Å². The molecular formula is C19H16N2O2. The quantitative estimate of drug-likeness (QED) is 0.792. The number of anilines is 1. The first-order chi connectivity index (χ1) is 11.1. The first-order valence-corrected chi connectivity index (χ1v) is 7.34. The molecule has 0 saturated heterocycles. The molecule has 0 aliphatic carbocycles. The highest BCUT2D eigenvalue weighted by molar-refractivity contribution is 5.95. The summed E-state index contributed by atoms with van der Waals surface area (Å²) in [4.78, 5) is 12.2. The Morgan fingerprint density at radius 1 is 1.22 bits per heavy atom. The number of nitrogens with zero attached hydrogens (tertiary/aromatic N) is 1. The Morgan fingerprint density at radius 2 is 2.00 bits per heavy atom. The van der Waals surface area contributed by atoms with Gasteiger partial charge in [0.15, 0.2) is 0 Å². The Labute approximate surface area is 134 Å². The Hall–Kier alpha value is -3.06. The number of carbonyl (C=O) groups excluding carboxylic acids is 1. The van der Waals surface area contributed by atoms with E-state index in [-0.39, 0.29) is 12.3 Å². The lowest BCUT2D eigenvalue weighted by molar-refractivity contribution is -0.115. The normalized spacial score (nSPS) is 10.5. The molecule has 0 spiro atoms. The smallest absolute Gasteiger partial charge is 0.228 e. The van der Waals surface area contributed by atoms with Crippen LogP contribution in [0.2, 0.25) is 0 Å². The zero-order valence-electron chi connectivity index (χ0n) is 13.0. The van der Waals surface area contributed by atoms with Crippen molar-refractivity contribution in [3.8, 4) is 6.07 Å². The van der Waals surface area contributed by atoms with Gasteiger partial charge in [-0.3, -0.25) is 4.79 Å². The number of nitriles is 1. The summed E-state index contributed by atoms with van der Waals surface area (Å²) < 4.78 is 5.55. The molecule has 4 nitrogen and oxygen atoms in total. The standard InChI is InChI=1S/C19H16N2O2/c1-12-6-17-15(11-23-18(17)7-13(12)2)9-19(22)21-16-5-3-4-14(8-16)10-20/h3-8,11H,9H2,1-2H3,(H,21,22). The maximum absolute atomic E-state index is 12.2. The number of fused-ring (bicyclic) bond motifs is 1. The first kappa shape index (κ1) is 14.9. The van der Waals surface area contributed by atoms with E-state index in [9.17, 15) is 4.79 Å². The Morgan fingerprint density at radius 3 is 2.78 bits per heavy atom. The van der Waals surface area contributed by atoms with E-state index in [4.69, 9.17) is 9.68 Å². The Balaban J connectivity index is 1.80. The van der Waals surface area contributed by atoms with Crippen molar-refractivity contribution >= 4 is 22.6 Å². The van der Waals surface area contributed by atoms with E-state index in [1.807, 2.05) is 26.0 Å². The second-order valence-electron chi connectivity index (χ2n) is 5.61. The van der Waals surface area contributed by atoms with Gasteiger partial charge in [0.05, 0.1) is 24.3 Å². The average Bonchev–Trinajstić information content (AvgIpc) is 2.90. The fourth-order valence-corrected chi connectivity index (χ4v) is 2.52. The molecule has 3 rings (SSSR count). The summed E-state index contributed by atoms with van der Waals surface area (Å²) in [5.74, 6) is -0.138. The second kappa shape index (κ2) is 5.98. The summed E-state index contributed by atoms with van der Waals surface area (Å²) in [5.41, 5.74) is 5.12. The average molecular weight is 304 g/mol. The van der Waals surface area contributed by atoms with Crippen molar-refractivity contribution in [2.24, 2.45) is 0 Å². The van der Waals surface area contributed by atoms with Crippen molar-refractivity contribution in [2.45, 2.75) is 20.3 Å². The van der Waals surface area contributed by atoms with Crippen molar-refractivity contribution < 1.29 is 9.21 Å². The molecule has 0 aliphatic rings. The maximum atomic E-state index is 12.2. The minimum atomic E-state index is -0.138. The number of hydrogen-bond acceptors (Lipinski definition) is 3. The van der Waals surface area contributed by atoms with Crippen LogP contribution in [0.5, 0.6) is 0 Å². The van der Waals surface area contributed by atoms with E-state index in [2.05, 4.69) is 11.4 Å². The van der Waals surface area contributed by atoms with Gasteiger partial charge in [0, 0.05) is 16.6 Å². The maximum Gasteiger partial charge on any atom is 0.228 e. The van der Waals surface area contributed by atoms with Crippen LogP contribution in [-0.2, 0) is 11.2 Å². The van der Waals surface area contributed by atoms with Crippen LogP contribution in [0.15, 0.2) is 47.1 Å². The van der Waals surface area contributed by atoms with Crippen LogP contribution < -0.4 is 5.32 Å². The lowest BCUT2D eigenvalue weighted by Gasteiger charge is -2.05. The van der Waals surface area contributed by atoms with Crippen molar-refractivity contribution in [1.82, 2.24) is 0 Å². The van der Waals surface area contributed by atoms with Crippen molar-refractivity contribution in [2.75, 3.05) is 5.32 Å². The van der Waals surface area contributed by atoms with Crippen LogP contribution in [0.1, 0.15) is 22.3 Å². The minimum Gasteiger partial charge on any atom is -0.464 e. The third-order valence-corrected chi connectivity index (χ3v) is 3.90. The number of furan rings is 1. The highest BCUT2D eigenvalue weighted by Gasteiger charge is 2.12. The summed E-state index contributed by atoms with van der Waals surface area (Å²) >= 11 is 0. The molecule has 0 atom stereocenters. The zero-order valence-corrected chi connectivity index (χ0v) is 13.0. The van der Waals surface area contributed by atoms with E-state index >= 15 is 0 Å². The summed E-state index contributed by atoms with van der Waals surface area (Å²) in [6.45, 7) is 4.07. The molecule has 0 fully saturated rings. The molecule has 0 bridgehead atoms. The first-order valence-electron chi connectivity index (χ1n) is 7.34. The molecule has 4 heteroatoms. The summed E-state index contributed by atoms with van der Waals surface area (Å²) in [6, 6.07) is 13.0. The molecule has 1 aromatic heterocycles. The van der Waals surface area contributed by atoms with Crippen molar-refractivity contribution in [3.63, 3.8) is 0 Å². The van der Waals surface area contributed by atoms with Gasteiger partial charge in [-0.1, -0.05) is 6.07 Å². The fraction of sp³-hybridized carbons (Fsp3) is 0.158. The summed E-state index contributed by atoms with van der Waals surface area (Å²) in [5, 5.41) is 12.7. The van der Waals surface area contributed by atoms with E-state index < -0.39 is 0 Å². The molecule has 114 valence electrons. The number of carbonyl (C=O) groups is 1. The van der Waals surface area contributed by atoms with Crippen LogP contribution >= 0.6 is 0 Å². The molecule has 0 saturated carbocycles. The predicted octanol–water partition coefficient (Wildman–Crippen LogP) is 4.10. The highest BCUT2D eigenvalue weighted by atomic mass is 16.3. The number of aryl methyl sites for hydroxylation is 2. The number of rotatable bonds is 3. The zero-order chi connectivity index (χ0) is 16.4. The number of benzene rings is 2. The molecule has 3 aromatic rings. The molecule has 0 unspecified atom stereocenters. The highest BCUT2D eigenvalue weighted by Crippen LogP contribution is 2.25. The summed E-state index contributed by atoms with van der Waals surface area (Å²) in [7, 11) is 0. The second-order valence-corrected chi connectivity index (χ2v) is 5.61. The molecule has 0 aliphatic heterocycles. The molecule has 0 radical (unpaired) electrons. The van der Waals surface area contributed by atoms with Gasteiger partial charge in [0.2, 0.25) is 5.91 Å². The number of hydrogen-bond donors (Lipinski definition) is 1. The van der Waals surface area contributed by atoms with E-state index in [1.54, 1.807) is 30.5 Å². The van der Waals surface area contributed by atoms with E-state index in [0.29, 0.717) is 11.3 Å². The minimum absolute atomic E-state index is 0.138. The van der Waals surface area contributed by atoms with Gasteiger partial charge in [-0.2, -0.15) is 5.26 Å². The molecule has 1 heterocycles. The van der Waals surface area contributed by atoms with Crippen molar-refractivity contribution in [1.29, 1.82) is 5.26 Å². The van der Waals surface area contributed by atoms with Gasteiger partial charge in [-0.25, -0.2) is 0 Å². The van der Waals surface area contributed by atoms with Gasteiger partial charge in [0.1, 0.15) is 5.58 Å². The lowest BCUT2D eigenvalue weighted by atomic mass is 10.0. The fourth-order valence-electron chi connectivity index (χ4n) is 2.52. The van der Waals surface area contributed by atoms with Gasteiger partial charge in [-0.05, 0) is 55.3 Å². The Kier molecular flexibility index (Phi) is 3.86. The Bertz CT molecular complexity index is 932. The van der Waals surface area contributed by atoms with E-state index in [0.717, 1.165) is 22.1 Å². The third-order valence-electron chi connectivity index (χ3n) is 3.90. The van der Waals surface area contributed by atoms with Crippen LogP contribution in [0.25, 0.3) is 11.0 Å². The number of amides is 1. The number of nitrogens with one attached hydrogen (secondary N) is 1. The van der Waals surface area contributed by atoms with Gasteiger partial charge >= 0.3 is 0 Å². The third kappa shape index (κ3) is 3.09. The molecular weight excluding hydrogens is 288 g/mol. The molecule has 2 aromatic carbocycles. The van der Waals surface area contributed by atoms with Gasteiger partial charge < -0.3 is 9.73 Å². The topological polar surface area (TPSA) is 66.0 Å². The SMILES string of the molecule is Cc1cc2occ(CC(=O)Nc3cccc(C#N)c3)c2cc1C. The lowest BCUT2D eigenvalue weighted by Crippen LogP contribution is -2.14. The predicted molar refractivity (Wildman–Crippen MR) is 89.2 cm³/mol. The largest absolute Gasteiger partial charge is 0.464 e. The van der Waals surface area contributed by atoms with Gasteiger partial charge in [0.25, 0.3) is 0 Å². The van der Waals surface area contributed by atoms with Crippen LogP contribution in [0.4, 0.5) is 5.69 Å².